The molecule has 0 aliphatic carbocycles. The van der Waals surface area contributed by atoms with Crippen LogP contribution in [0.25, 0.3) is 10.9 Å². The van der Waals surface area contributed by atoms with Gasteiger partial charge in [-0.25, -0.2) is 4.39 Å². The molecule has 0 saturated carbocycles. The van der Waals surface area contributed by atoms with Crippen molar-refractivity contribution in [1.29, 1.82) is 0 Å². The van der Waals surface area contributed by atoms with E-state index in [4.69, 9.17) is 11.6 Å². The molecule has 3 rings (SSSR count). The van der Waals surface area contributed by atoms with Gasteiger partial charge >= 0.3 is 0 Å². The molecule has 29 heavy (non-hydrogen) atoms. The van der Waals surface area contributed by atoms with Gasteiger partial charge in [0, 0.05) is 34.3 Å². The largest absolute Gasteiger partial charge is 0.505 e. The van der Waals surface area contributed by atoms with Crippen molar-refractivity contribution in [2.75, 3.05) is 6.54 Å². The third kappa shape index (κ3) is 4.27. The molecule has 0 radical (unpaired) electrons. The number of phenols is 1. The number of amides is 1. The number of halogens is 2. The number of benzene rings is 2. The molecule has 2 N–H and O–H groups in total. The second-order valence-corrected chi connectivity index (χ2v) is 7.35. The molecule has 0 saturated heterocycles. The van der Waals surface area contributed by atoms with Gasteiger partial charge in [-0.3, -0.25) is 14.2 Å². The number of hydrogen-bond acceptors (Lipinski definition) is 3. The molecular weight excluding hydrogens is 395 g/mol. The normalized spacial score (nSPS) is 11.0. The Kier molecular flexibility index (Phi) is 6.23. The summed E-state index contributed by atoms with van der Waals surface area (Å²) in [4.78, 5) is 25.5. The van der Waals surface area contributed by atoms with Crippen molar-refractivity contribution < 1.29 is 19.1 Å². The van der Waals surface area contributed by atoms with Gasteiger partial charge in [-0.05, 0) is 43.2 Å². The van der Waals surface area contributed by atoms with E-state index in [2.05, 4.69) is 5.32 Å². The fourth-order valence-corrected chi connectivity index (χ4v) is 3.54. The third-order valence-corrected chi connectivity index (χ3v) is 5.10. The number of nitrogens with zero attached hydrogens (tertiary/aromatic N) is 1. The molecule has 1 amide bonds. The predicted octanol–water partition coefficient (Wildman–Crippen LogP) is 4.60. The smallest absolute Gasteiger partial charge is 0.262 e. The molecule has 1 aromatic heterocycles. The monoisotopic (exact) mass is 416 g/mol. The molecule has 2 aromatic carbocycles. The predicted molar refractivity (Wildman–Crippen MR) is 111 cm³/mol. The number of unbranched alkanes of at least 4 members (excludes halogenated alkanes) is 1. The molecule has 3 aromatic rings. The van der Waals surface area contributed by atoms with E-state index in [0.29, 0.717) is 39.3 Å². The van der Waals surface area contributed by atoms with Gasteiger partial charge < -0.3 is 10.4 Å². The van der Waals surface area contributed by atoms with Gasteiger partial charge in [-0.2, -0.15) is 0 Å². The lowest BCUT2D eigenvalue weighted by molar-refractivity contribution is -0.120. The highest BCUT2D eigenvalue weighted by Gasteiger charge is 2.23. The third-order valence-electron chi connectivity index (χ3n) is 4.87. The van der Waals surface area contributed by atoms with Gasteiger partial charge in [-0.15, -0.1) is 0 Å². The number of aromatic hydroxyl groups is 1. The van der Waals surface area contributed by atoms with E-state index in [9.17, 15) is 19.1 Å². The summed E-state index contributed by atoms with van der Waals surface area (Å²) in [5.74, 6) is -1.95. The summed E-state index contributed by atoms with van der Waals surface area (Å²) in [5.41, 5.74) is 1.71. The van der Waals surface area contributed by atoms with E-state index in [1.165, 1.54) is 16.7 Å². The minimum atomic E-state index is -0.839. The van der Waals surface area contributed by atoms with Crippen molar-refractivity contribution in [2.24, 2.45) is 0 Å². The van der Waals surface area contributed by atoms with Crippen LogP contribution in [0, 0.1) is 12.7 Å². The van der Waals surface area contributed by atoms with Crippen LogP contribution in [0.1, 0.15) is 41.4 Å². The van der Waals surface area contributed by atoms with E-state index in [-0.39, 0.29) is 12.3 Å². The van der Waals surface area contributed by atoms with Gasteiger partial charge in [0.05, 0.1) is 11.9 Å². The molecule has 7 heteroatoms. The van der Waals surface area contributed by atoms with Crippen LogP contribution >= 0.6 is 11.6 Å². The van der Waals surface area contributed by atoms with Gasteiger partial charge in [0.2, 0.25) is 5.91 Å². The number of fused-ring (bicyclic) bond motifs is 1. The first-order chi connectivity index (χ1) is 13.8. The number of hydrogen-bond donors (Lipinski definition) is 2. The number of carbonyl (C=O) groups excluding carboxylic acids is 2. The number of rotatable bonds is 6. The molecule has 0 atom stereocenters. The minimum absolute atomic E-state index is 0.0208. The molecule has 0 spiro atoms. The van der Waals surface area contributed by atoms with E-state index in [1.807, 2.05) is 6.92 Å². The maximum absolute atomic E-state index is 14.1. The van der Waals surface area contributed by atoms with Crippen LogP contribution in [0.5, 0.6) is 5.75 Å². The van der Waals surface area contributed by atoms with Crippen molar-refractivity contribution in [3.63, 3.8) is 0 Å². The van der Waals surface area contributed by atoms with Gasteiger partial charge in [-0.1, -0.05) is 31.0 Å². The van der Waals surface area contributed by atoms with E-state index in [1.54, 1.807) is 25.1 Å². The summed E-state index contributed by atoms with van der Waals surface area (Å²) in [6, 6.07) is 8.83. The molecule has 1 heterocycles. The van der Waals surface area contributed by atoms with E-state index >= 15 is 0 Å². The second-order valence-electron chi connectivity index (χ2n) is 6.92. The van der Waals surface area contributed by atoms with Gasteiger partial charge in [0.15, 0.2) is 11.6 Å². The number of aromatic nitrogens is 1. The van der Waals surface area contributed by atoms with Crippen molar-refractivity contribution in [3.05, 3.63) is 64.1 Å². The molecule has 0 unspecified atom stereocenters. The molecular formula is C22H22ClFN2O3. The van der Waals surface area contributed by atoms with Crippen LogP contribution in [0.4, 0.5) is 4.39 Å². The average molecular weight is 417 g/mol. The van der Waals surface area contributed by atoms with Crippen molar-refractivity contribution in [2.45, 2.75) is 33.1 Å². The molecule has 152 valence electrons. The van der Waals surface area contributed by atoms with Crippen LogP contribution in [-0.2, 0) is 11.2 Å². The Morgan fingerprint density at radius 2 is 2.00 bits per heavy atom. The van der Waals surface area contributed by atoms with Crippen molar-refractivity contribution in [3.8, 4) is 5.75 Å². The van der Waals surface area contributed by atoms with Crippen molar-refractivity contribution in [1.82, 2.24) is 9.88 Å². The molecule has 0 aliphatic heterocycles. The number of nitrogens with one attached hydrogen (secondary N) is 1. The van der Waals surface area contributed by atoms with Gasteiger partial charge in [0.1, 0.15) is 0 Å². The number of carbonyl (C=O) groups is 2. The summed E-state index contributed by atoms with van der Waals surface area (Å²) in [7, 11) is 0. The highest BCUT2D eigenvalue weighted by atomic mass is 35.5. The van der Waals surface area contributed by atoms with E-state index in [0.717, 1.165) is 18.9 Å². The Bertz CT molecular complexity index is 1090. The van der Waals surface area contributed by atoms with Crippen LogP contribution in [0.3, 0.4) is 0 Å². The fraction of sp³-hybridized carbons (Fsp3) is 0.273. The van der Waals surface area contributed by atoms with Crippen molar-refractivity contribution >= 4 is 34.3 Å². The molecule has 0 aliphatic rings. The lowest BCUT2D eigenvalue weighted by Crippen LogP contribution is -2.26. The van der Waals surface area contributed by atoms with Crippen LogP contribution in [0.2, 0.25) is 5.02 Å². The number of phenolic OH excluding ortho intramolecular Hbond substituents is 1. The SMILES string of the molecule is CCCCNC(=O)Cc1c(C)n(C(=O)c2cccc(Cl)c2)c2cc(F)c(O)cc12. The van der Waals surface area contributed by atoms with Gasteiger partial charge in [0.25, 0.3) is 5.91 Å². The van der Waals surface area contributed by atoms with E-state index < -0.39 is 17.5 Å². The lowest BCUT2D eigenvalue weighted by Gasteiger charge is -2.08. The lowest BCUT2D eigenvalue weighted by atomic mass is 10.1. The first-order valence-corrected chi connectivity index (χ1v) is 9.80. The zero-order chi connectivity index (χ0) is 21.1. The average Bonchev–Trinajstić information content (AvgIpc) is 2.93. The maximum atomic E-state index is 14.1. The Morgan fingerprint density at radius 3 is 2.69 bits per heavy atom. The Balaban J connectivity index is 2.10. The minimum Gasteiger partial charge on any atom is -0.505 e. The Morgan fingerprint density at radius 1 is 1.24 bits per heavy atom. The highest BCUT2D eigenvalue weighted by Crippen LogP contribution is 2.32. The summed E-state index contributed by atoms with van der Waals surface area (Å²) in [5, 5.41) is 13.6. The maximum Gasteiger partial charge on any atom is 0.262 e. The van der Waals surface area contributed by atoms with Crippen LogP contribution in [-0.4, -0.2) is 28.0 Å². The summed E-state index contributed by atoms with van der Waals surface area (Å²) >= 11 is 6.01. The summed E-state index contributed by atoms with van der Waals surface area (Å²) in [6.07, 6.45) is 1.85. The molecule has 0 bridgehead atoms. The Hall–Kier alpha value is -2.86. The zero-order valence-electron chi connectivity index (χ0n) is 16.3. The standard InChI is InChI=1S/C22H22ClFN2O3/c1-3-4-8-25-21(28)11-16-13(2)26(19-12-18(24)20(27)10-17(16)19)22(29)14-6-5-7-15(23)9-14/h5-7,9-10,12,27H,3-4,8,11H2,1-2H3,(H,25,28). The summed E-state index contributed by atoms with van der Waals surface area (Å²) in [6.45, 7) is 4.29. The zero-order valence-corrected chi connectivity index (χ0v) is 17.0. The fourth-order valence-electron chi connectivity index (χ4n) is 3.35. The quantitative estimate of drug-likeness (QED) is 0.577. The topological polar surface area (TPSA) is 71.3 Å². The molecule has 5 nitrogen and oxygen atoms in total. The molecule has 0 fully saturated rings. The second kappa shape index (κ2) is 8.66. The first-order valence-electron chi connectivity index (χ1n) is 9.42. The first kappa shape index (κ1) is 20.9. The van der Waals surface area contributed by atoms with Crippen LogP contribution < -0.4 is 5.32 Å². The highest BCUT2D eigenvalue weighted by molar-refractivity contribution is 6.31. The van der Waals surface area contributed by atoms with Crippen LogP contribution in [0.15, 0.2) is 36.4 Å². The Labute approximate surface area is 173 Å². The summed E-state index contributed by atoms with van der Waals surface area (Å²) < 4.78 is 15.5.